The number of ether oxygens (including phenoxy) is 1. The van der Waals surface area contributed by atoms with Gasteiger partial charge in [0.2, 0.25) is 5.91 Å². The Morgan fingerprint density at radius 1 is 1.39 bits per heavy atom. The van der Waals surface area contributed by atoms with Crippen molar-refractivity contribution in [1.82, 2.24) is 24.6 Å². The number of hydrogen-bond acceptors (Lipinski definition) is 5. The Labute approximate surface area is 176 Å². The Hall–Kier alpha value is -1.74. The normalized spacial score (nSPS) is 11.2. The van der Waals surface area contributed by atoms with Crippen LogP contribution in [0.15, 0.2) is 24.3 Å². The third-order valence-electron chi connectivity index (χ3n) is 4.13. The first-order chi connectivity index (χ1) is 13.5. The van der Waals surface area contributed by atoms with E-state index in [-0.39, 0.29) is 12.5 Å². The molecule has 1 amide bonds. The van der Waals surface area contributed by atoms with E-state index in [1.165, 1.54) is 0 Å². The summed E-state index contributed by atoms with van der Waals surface area (Å²) in [5.74, 6) is 0.706. The molecule has 28 heavy (non-hydrogen) atoms. The highest BCUT2D eigenvalue weighted by atomic mass is 35.5. The van der Waals surface area contributed by atoms with Crippen LogP contribution in [-0.4, -0.2) is 59.0 Å². The minimum absolute atomic E-state index is 0.0123. The van der Waals surface area contributed by atoms with Crippen molar-refractivity contribution < 1.29 is 9.53 Å². The maximum Gasteiger partial charge on any atom is 0.234 e. The molecule has 1 N–H and O–H groups in total. The van der Waals surface area contributed by atoms with Gasteiger partial charge in [0.1, 0.15) is 0 Å². The van der Waals surface area contributed by atoms with Crippen molar-refractivity contribution in [3.63, 3.8) is 0 Å². The van der Waals surface area contributed by atoms with Gasteiger partial charge >= 0.3 is 0 Å². The van der Waals surface area contributed by atoms with Crippen LogP contribution in [0, 0.1) is 4.77 Å². The van der Waals surface area contributed by atoms with E-state index in [1.54, 1.807) is 11.8 Å². The third kappa shape index (κ3) is 6.13. The average Bonchev–Trinajstić information content (AvgIpc) is 2.96. The predicted octanol–water partition coefficient (Wildman–Crippen LogP) is 3.19. The fourth-order valence-corrected chi connectivity index (χ4v) is 3.28. The molecule has 0 unspecified atom stereocenters. The molecule has 9 heteroatoms. The fraction of sp³-hybridized carbons (Fsp3) is 0.526. The molecule has 154 valence electrons. The summed E-state index contributed by atoms with van der Waals surface area (Å²) in [7, 11) is 3.54. The largest absolute Gasteiger partial charge is 0.385 e. The Bertz CT molecular complexity index is 836. The topological polar surface area (TPSA) is 64.3 Å². The lowest BCUT2D eigenvalue weighted by Crippen LogP contribution is -2.36. The van der Waals surface area contributed by atoms with Crippen LogP contribution >= 0.6 is 23.8 Å². The van der Waals surface area contributed by atoms with E-state index in [1.807, 2.05) is 47.7 Å². The summed E-state index contributed by atoms with van der Waals surface area (Å²) in [5, 5.41) is 8.20. The number of nitrogens with one attached hydrogen (secondary N) is 1. The molecule has 0 fully saturated rings. The highest BCUT2D eigenvalue weighted by molar-refractivity contribution is 7.71. The van der Waals surface area contributed by atoms with E-state index >= 15 is 0 Å². The molecule has 1 aromatic carbocycles. The number of amides is 1. The minimum Gasteiger partial charge on any atom is -0.385 e. The minimum atomic E-state index is -0.0123. The number of halogens is 1. The molecule has 0 atom stereocenters. The van der Waals surface area contributed by atoms with Crippen LogP contribution in [0.25, 0.3) is 11.4 Å². The molecule has 2 rings (SSSR count). The second kappa shape index (κ2) is 11.3. The summed E-state index contributed by atoms with van der Waals surface area (Å²) in [6, 6.07) is 7.57. The second-order valence-corrected chi connectivity index (χ2v) is 7.36. The van der Waals surface area contributed by atoms with Gasteiger partial charge in [0.05, 0.1) is 18.2 Å². The van der Waals surface area contributed by atoms with Gasteiger partial charge in [-0.15, -0.1) is 0 Å². The van der Waals surface area contributed by atoms with Crippen molar-refractivity contribution in [1.29, 1.82) is 0 Å². The second-order valence-electron chi connectivity index (χ2n) is 6.59. The van der Waals surface area contributed by atoms with Crippen LogP contribution in [0.1, 0.15) is 19.8 Å². The Morgan fingerprint density at radius 2 is 2.14 bits per heavy atom. The smallest absolute Gasteiger partial charge is 0.234 e. The molecule has 0 radical (unpaired) electrons. The molecule has 0 saturated heterocycles. The number of benzene rings is 1. The van der Waals surface area contributed by atoms with Gasteiger partial charge in [-0.1, -0.05) is 30.7 Å². The van der Waals surface area contributed by atoms with Crippen molar-refractivity contribution >= 4 is 29.7 Å². The van der Waals surface area contributed by atoms with Gasteiger partial charge < -0.3 is 10.1 Å². The fourth-order valence-electron chi connectivity index (χ4n) is 2.79. The van der Waals surface area contributed by atoms with Gasteiger partial charge in [-0.25, -0.2) is 4.68 Å². The molecule has 1 heterocycles. The Morgan fingerprint density at radius 3 is 2.82 bits per heavy atom. The summed E-state index contributed by atoms with van der Waals surface area (Å²) in [6.07, 6.45) is 1.72. The zero-order chi connectivity index (χ0) is 20.5. The number of carbonyl (C=O) groups is 1. The first-order valence-corrected chi connectivity index (χ1v) is 10.1. The number of rotatable bonds is 11. The molecular weight excluding hydrogens is 398 g/mol. The maximum absolute atomic E-state index is 12.0. The van der Waals surface area contributed by atoms with Crippen molar-refractivity contribution in [3.05, 3.63) is 34.1 Å². The molecular formula is C19H28ClN5O2S. The Kier molecular flexibility index (Phi) is 9.11. The van der Waals surface area contributed by atoms with Gasteiger partial charge in [0, 0.05) is 32.4 Å². The van der Waals surface area contributed by atoms with E-state index < -0.39 is 0 Å². The standard InChI is InChI=1S/C19H28ClN5O2S/c1-4-10-21-17(26)13-23(2)14-25-19(28)24(11-7-12-27-3)18(22-25)15-8-5-6-9-16(15)20/h5-6,8-9H,4,7,10-14H2,1-3H3,(H,21,26). The van der Waals surface area contributed by atoms with E-state index in [2.05, 4.69) is 5.32 Å². The zero-order valence-electron chi connectivity index (χ0n) is 16.7. The molecule has 0 aliphatic carbocycles. The SMILES string of the molecule is CCCNC(=O)CN(C)Cn1nc(-c2ccccc2Cl)n(CCCOC)c1=S. The third-order valence-corrected chi connectivity index (χ3v) is 4.89. The lowest BCUT2D eigenvalue weighted by Gasteiger charge is -2.15. The molecule has 0 aliphatic rings. The highest BCUT2D eigenvalue weighted by Gasteiger charge is 2.16. The van der Waals surface area contributed by atoms with Crippen molar-refractivity contribution in [2.45, 2.75) is 33.0 Å². The van der Waals surface area contributed by atoms with Gasteiger partial charge in [0.25, 0.3) is 0 Å². The van der Waals surface area contributed by atoms with Crippen LogP contribution in [0.2, 0.25) is 5.02 Å². The maximum atomic E-state index is 12.0. The predicted molar refractivity (Wildman–Crippen MR) is 114 cm³/mol. The summed E-state index contributed by atoms with van der Waals surface area (Å²) < 4.78 is 9.46. The number of methoxy groups -OCH3 is 1. The molecule has 1 aromatic heterocycles. The molecule has 0 bridgehead atoms. The van der Waals surface area contributed by atoms with Crippen molar-refractivity contribution in [3.8, 4) is 11.4 Å². The lowest BCUT2D eigenvalue weighted by molar-refractivity contribution is -0.122. The van der Waals surface area contributed by atoms with E-state index in [0.717, 1.165) is 24.2 Å². The van der Waals surface area contributed by atoms with Crippen LogP contribution < -0.4 is 5.32 Å². The van der Waals surface area contributed by atoms with Gasteiger partial charge in [-0.3, -0.25) is 14.3 Å². The average molecular weight is 426 g/mol. The number of hydrogen-bond donors (Lipinski definition) is 1. The van der Waals surface area contributed by atoms with Gasteiger partial charge in [0.15, 0.2) is 10.6 Å². The van der Waals surface area contributed by atoms with E-state index in [9.17, 15) is 4.79 Å². The number of likely N-dealkylation sites (N-methyl/N-ethyl adjacent to an activating group) is 1. The highest BCUT2D eigenvalue weighted by Crippen LogP contribution is 2.27. The zero-order valence-corrected chi connectivity index (χ0v) is 18.2. The quantitative estimate of drug-likeness (QED) is 0.442. The van der Waals surface area contributed by atoms with E-state index in [4.69, 9.17) is 33.7 Å². The van der Waals surface area contributed by atoms with Crippen molar-refractivity contribution in [2.24, 2.45) is 0 Å². The summed E-state index contributed by atoms with van der Waals surface area (Å²) >= 11 is 12.1. The summed E-state index contributed by atoms with van der Waals surface area (Å²) in [5.41, 5.74) is 0.828. The lowest BCUT2D eigenvalue weighted by atomic mass is 10.2. The van der Waals surface area contributed by atoms with Crippen LogP contribution in [0.5, 0.6) is 0 Å². The molecule has 7 nitrogen and oxygen atoms in total. The first-order valence-electron chi connectivity index (χ1n) is 9.34. The molecule has 0 aliphatic heterocycles. The van der Waals surface area contributed by atoms with Crippen LogP contribution in [-0.2, 0) is 22.7 Å². The molecule has 2 aromatic rings. The van der Waals surface area contributed by atoms with Gasteiger partial charge in [-0.05, 0) is 44.2 Å². The van der Waals surface area contributed by atoms with Crippen molar-refractivity contribution in [2.75, 3.05) is 33.9 Å². The number of aromatic nitrogens is 3. The summed E-state index contributed by atoms with van der Waals surface area (Å²) in [4.78, 5) is 13.8. The number of carbonyl (C=O) groups excluding carboxylic acids is 1. The van der Waals surface area contributed by atoms with Crippen LogP contribution in [0.4, 0.5) is 0 Å². The summed E-state index contributed by atoms with van der Waals surface area (Å²) in [6.45, 7) is 4.69. The Balaban J connectivity index is 2.25. The molecule has 0 saturated carbocycles. The monoisotopic (exact) mass is 425 g/mol. The van der Waals surface area contributed by atoms with Crippen LogP contribution in [0.3, 0.4) is 0 Å². The first kappa shape index (κ1) is 22.5. The molecule has 0 spiro atoms. The van der Waals surface area contributed by atoms with E-state index in [0.29, 0.717) is 36.2 Å². The number of nitrogens with zero attached hydrogens (tertiary/aromatic N) is 4. The van der Waals surface area contributed by atoms with Gasteiger partial charge in [-0.2, -0.15) is 5.10 Å².